The van der Waals surface area contributed by atoms with Gasteiger partial charge in [0, 0.05) is 25.7 Å². The standard InChI is InChI=1S/C71H138O17P2/c1-9-64(8)50-42-34-29-30-38-46-54-71(76)88-67(58-81-68(73)51-43-35-26-20-17-16-19-24-32-40-48-62(4)5)60-86-90(79,80)84-56-65(72)55-83-89(77,78)85-59-66(57-82-69(74)52-44-36-28-22-25-33-41-49-63(6)7)87-70(75)53-45-37-27-21-15-13-11-10-12-14-18-23-31-39-47-61(2)3/h61-67,72H,9-60H2,1-8H3,(H,77,78)(H,79,80)/t64?,65?,66-,67-/m1/s1. The van der Waals surface area contributed by atoms with E-state index >= 15 is 0 Å². The van der Waals surface area contributed by atoms with E-state index in [0.717, 1.165) is 114 Å². The first-order chi connectivity index (χ1) is 43.1. The minimum atomic E-state index is -4.95. The molecular formula is C71H138O17P2. The SMILES string of the molecule is CCC(C)CCCCCCCCC(=O)O[C@H](COC(=O)CCCCCCCCCCCCC(C)C)COP(=O)(O)OCC(O)COP(=O)(O)OC[C@@H](COC(=O)CCCCCCCCCC(C)C)OC(=O)CCCCCCCCCCCCCCCCC(C)C. The number of carbonyl (C=O) groups excluding carboxylic acids is 4. The van der Waals surface area contributed by atoms with Crippen molar-refractivity contribution in [3.63, 3.8) is 0 Å². The molecular weight excluding hydrogens is 1190 g/mol. The second kappa shape index (κ2) is 60.7. The molecule has 0 fully saturated rings. The number of unbranched alkanes of at least 4 members (excludes halogenated alkanes) is 33. The molecule has 3 N–H and O–H groups in total. The van der Waals surface area contributed by atoms with Crippen molar-refractivity contribution in [1.29, 1.82) is 0 Å². The van der Waals surface area contributed by atoms with Gasteiger partial charge < -0.3 is 33.8 Å². The molecule has 90 heavy (non-hydrogen) atoms. The van der Waals surface area contributed by atoms with Gasteiger partial charge in [-0.05, 0) is 49.4 Å². The van der Waals surface area contributed by atoms with Crippen LogP contribution in [0.1, 0.15) is 351 Å². The number of rotatable bonds is 68. The Hall–Kier alpha value is -1.94. The average molecular weight is 1330 g/mol. The lowest BCUT2D eigenvalue weighted by Crippen LogP contribution is -2.30. The summed E-state index contributed by atoms with van der Waals surface area (Å²) < 4.78 is 68.3. The van der Waals surface area contributed by atoms with E-state index in [1.165, 1.54) is 148 Å². The Bertz CT molecular complexity index is 1780. The van der Waals surface area contributed by atoms with Crippen molar-refractivity contribution in [2.75, 3.05) is 39.6 Å². The van der Waals surface area contributed by atoms with Crippen LogP contribution in [0.2, 0.25) is 0 Å². The van der Waals surface area contributed by atoms with Crippen LogP contribution < -0.4 is 0 Å². The third kappa shape index (κ3) is 63.5. The van der Waals surface area contributed by atoms with E-state index in [9.17, 15) is 43.2 Å². The van der Waals surface area contributed by atoms with Crippen molar-refractivity contribution in [2.45, 2.75) is 369 Å². The van der Waals surface area contributed by atoms with Gasteiger partial charge in [0.15, 0.2) is 12.2 Å². The van der Waals surface area contributed by atoms with Gasteiger partial charge in [-0.25, -0.2) is 9.13 Å². The number of aliphatic hydroxyl groups is 1. The van der Waals surface area contributed by atoms with Crippen LogP contribution in [-0.4, -0.2) is 96.7 Å². The quantitative estimate of drug-likeness (QED) is 0.0222. The third-order valence-electron chi connectivity index (χ3n) is 16.7. The second-order valence-electron chi connectivity index (χ2n) is 27.3. The molecule has 0 aromatic heterocycles. The van der Waals surface area contributed by atoms with Crippen molar-refractivity contribution in [3.05, 3.63) is 0 Å². The van der Waals surface area contributed by atoms with Gasteiger partial charge in [0.25, 0.3) is 0 Å². The Morgan fingerprint density at radius 1 is 0.311 bits per heavy atom. The molecule has 0 aromatic rings. The molecule has 0 aliphatic rings. The zero-order valence-electron chi connectivity index (χ0n) is 58.8. The van der Waals surface area contributed by atoms with E-state index in [2.05, 4.69) is 55.4 Å². The van der Waals surface area contributed by atoms with Crippen LogP contribution in [0, 0.1) is 23.7 Å². The van der Waals surface area contributed by atoms with Gasteiger partial charge in [-0.3, -0.25) is 37.3 Å². The second-order valence-corrected chi connectivity index (χ2v) is 30.2. The molecule has 0 aromatic carbocycles. The smallest absolute Gasteiger partial charge is 0.462 e. The molecule has 0 radical (unpaired) electrons. The highest BCUT2D eigenvalue weighted by Crippen LogP contribution is 2.45. The fourth-order valence-electron chi connectivity index (χ4n) is 10.6. The van der Waals surface area contributed by atoms with Crippen LogP contribution in [0.25, 0.3) is 0 Å². The van der Waals surface area contributed by atoms with Crippen LogP contribution in [-0.2, 0) is 65.4 Å². The number of carbonyl (C=O) groups is 4. The van der Waals surface area contributed by atoms with E-state index in [-0.39, 0.29) is 25.7 Å². The molecule has 0 saturated heterocycles. The number of phosphoric acid groups is 2. The Balaban J connectivity index is 5.22. The van der Waals surface area contributed by atoms with Gasteiger partial charge in [0.2, 0.25) is 0 Å². The minimum absolute atomic E-state index is 0.102. The molecule has 17 nitrogen and oxygen atoms in total. The molecule has 6 atom stereocenters. The Morgan fingerprint density at radius 2 is 0.533 bits per heavy atom. The van der Waals surface area contributed by atoms with Gasteiger partial charge in [-0.1, -0.05) is 299 Å². The fourth-order valence-corrected chi connectivity index (χ4v) is 12.2. The average Bonchev–Trinajstić information content (AvgIpc) is 3.70. The lowest BCUT2D eigenvalue weighted by atomic mass is 10.00. The Morgan fingerprint density at radius 3 is 0.789 bits per heavy atom. The molecule has 19 heteroatoms. The highest BCUT2D eigenvalue weighted by atomic mass is 31.2. The zero-order valence-corrected chi connectivity index (χ0v) is 60.6. The highest BCUT2D eigenvalue weighted by Gasteiger charge is 2.30. The lowest BCUT2D eigenvalue weighted by Gasteiger charge is -2.21. The molecule has 0 heterocycles. The summed E-state index contributed by atoms with van der Waals surface area (Å²) in [6, 6.07) is 0. The number of ether oxygens (including phenoxy) is 4. The van der Waals surface area contributed by atoms with Gasteiger partial charge in [-0.2, -0.15) is 0 Å². The molecule has 0 amide bonds. The topological polar surface area (TPSA) is 237 Å². The van der Waals surface area contributed by atoms with E-state index in [1.807, 2.05) is 0 Å². The van der Waals surface area contributed by atoms with Crippen molar-refractivity contribution >= 4 is 39.5 Å². The molecule has 4 unspecified atom stereocenters. The molecule has 0 rings (SSSR count). The van der Waals surface area contributed by atoms with Gasteiger partial charge in [0.1, 0.15) is 19.3 Å². The maximum atomic E-state index is 13.0. The number of aliphatic hydroxyl groups excluding tert-OH is 1. The highest BCUT2D eigenvalue weighted by molar-refractivity contribution is 7.47. The lowest BCUT2D eigenvalue weighted by molar-refractivity contribution is -0.161. The van der Waals surface area contributed by atoms with E-state index < -0.39 is 97.5 Å². The van der Waals surface area contributed by atoms with Crippen molar-refractivity contribution < 1.29 is 80.2 Å². The monoisotopic (exact) mass is 1320 g/mol. The summed E-state index contributed by atoms with van der Waals surface area (Å²) in [6.07, 6.45) is 43.2. The van der Waals surface area contributed by atoms with Crippen LogP contribution in [0.3, 0.4) is 0 Å². The number of hydrogen-bond acceptors (Lipinski definition) is 15. The largest absolute Gasteiger partial charge is 0.472 e. The fraction of sp³-hybridized carbons (Fsp3) is 0.944. The number of hydrogen-bond donors (Lipinski definition) is 3. The molecule has 0 aliphatic heterocycles. The summed E-state index contributed by atoms with van der Waals surface area (Å²) in [5.74, 6) is 0.848. The van der Waals surface area contributed by atoms with Gasteiger partial charge in [-0.15, -0.1) is 0 Å². The van der Waals surface area contributed by atoms with E-state index in [4.69, 9.17) is 37.0 Å². The maximum absolute atomic E-state index is 13.0. The van der Waals surface area contributed by atoms with Crippen LogP contribution in [0.4, 0.5) is 0 Å². The predicted molar refractivity (Wildman–Crippen MR) is 363 cm³/mol. The van der Waals surface area contributed by atoms with Crippen LogP contribution in [0.15, 0.2) is 0 Å². The third-order valence-corrected chi connectivity index (χ3v) is 18.6. The zero-order chi connectivity index (χ0) is 66.8. The van der Waals surface area contributed by atoms with Gasteiger partial charge in [0.05, 0.1) is 26.4 Å². The van der Waals surface area contributed by atoms with Crippen molar-refractivity contribution in [3.8, 4) is 0 Å². The number of esters is 4. The molecule has 0 aliphatic carbocycles. The molecule has 0 spiro atoms. The summed E-state index contributed by atoms with van der Waals surface area (Å²) in [6.45, 7) is 14.1. The first kappa shape index (κ1) is 88.1. The summed E-state index contributed by atoms with van der Waals surface area (Å²) in [5, 5.41) is 10.6. The normalized spacial score (nSPS) is 14.6. The van der Waals surface area contributed by atoms with E-state index in [0.29, 0.717) is 31.6 Å². The van der Waals surface area contributed by atoms with Crippen LogP contribution in [0.5, 0.6) is 0 Å². The molecule has 0 bridgehead atoms. The Labute approximate surface area is 549 Å². The molecule has 0 saturated carbocycles. The van der Waals surface area contributed by atoms with Crippen molar-refractivity contribution in [2.24, 2.45) is 23.7 Å². The minimum Gasteiger partial charge on any atom is -0.462 e. The summed E-state index contributed by atoms with van der Waals surface area (Å²) in [4.78, 5) is 72.5. The summed E-state index contributed by atoms with van der Waals surface area (Å²) in [7, 11) is -9.90. The Kier molecular flexibility index (Phi) is 59.4. The van der Waals surface area contributed by atoms with Gasteiger partial charge >= 0.3 is 39.5 Å². The van der Waals surface area contributed by atoms with Crippen molar-refractivity contribution in [1.82, 2.24) is 0 Å². The maximum Gasteiger partial charge on any atom is 0.472 e. The first-order valence-electron chi connectivity index (χ1n) is 36.7. The summed E-state index contributed by atoms with van der Waals surface area (Å²) in [5.41, 5.74) is 0. The number of phosphoric ester groups is 2. The summed E-state index contributed by atoms with van der Waals surface area (Å²) >= 11 is 0. The van der Waals surface area contributed by atoms with E-state index in [1.54, 1.807) is 0 Å². The first-order valence-corrected chi connectivity index (χ1v) is 39.7. The van der Waals surface area contributed by atoms with Crippen LogP contribution >= 0.6 is 15.6 Å². The predicted octanol–water partition coefficient (Wildman–Crippen LogP) is 20.1. The molecule has 534 valence electrons.